The summed E-state index contributed by atoms with van der Waals surface area (Å²) in [5.74, 6) is -0.280. The molecule has 3 rings (SSSR count). The Balaban J connectivity index is 1.77. The number of anilines is 2. The molecule has 0 saturated heterocycles. The molecular formula is C23H23N3O3. The van der Waals surface area contributed by atoms with E-state index in [2.05, 4.69) is 10.7 Å². The molecule has 0 heterocycles. The van der Waals surface area contributed by atoms with E-state index in [4.69, 9.17) is 4.74 Å². The van der Waals surface area contributed by atoms with Crippen molar-refractivity contribution in [1.29, 1.82) is 0 Å². The summed E-state index contributed by atoms with van der Waals surface area (Å²) in [6.45, 7) is 2.52. The summed E-state index contributed by atoms with van der Waals surface area (Å²) in [5.41, 5.74) is 5.80. The molecule has 0 aliphatic heterocycles. The third-order valence-corrected chi connectivity index (χ3v) is 4.13. The highest BCUT2D eigenvalue weighted by atomic mass is 16.5. The average Bonchev–Trinajstić information content (AvgIpc) is 2.75. The molecule has 0 unspecified atom stereocenters. The van der Waals surface area contributed by atoms with Crippen LogP contribution in [0.25, 0.3) is 0 Å². The summed E-state index contributed by atoms with van der Waals surface area (Å²) in [6, 6.07) is 26.2. The SMILES string of the molecule is CCOC(=O)Nc1cccc(C(=O)NN(Cc2ccccc2)c2ccccc2)c1. The average molecular weight is 389 g/mol. The van der Waals surface area contributed by atoms with E-state index in [0.29, 0.717) is 17.8 Å². The van der Waals surface area contributed by atoms with Crippen molar-refractivity contribution in [3.8, 4) is 0 Å². The Morgan fingerprint density at radius 3 is 2.28 bits per heavy atom. The van der Waals surface area contributed by atoms with Gasteiger partial charge in [-0.3, -0.25) is 20.5 Å². The van der Waals surface area contributed by atoms with Gasteiger partial charge in [-0.25, -0.2) is 4.79 Å². The van der Waals surface area contributed by atoms with E-state index in [-0.39, 0.29) is 12.5 Å². The molecule has 0 aromatic heterocycles. The Hall–Kier alpha value is -3.80. The van der Waals surface area contributed by atoms with Gasteiger partial charge in [0.2, 0.25) is 0 Å². The first kappa shape index (κ1) is 19.9. The standard InChI is InChI=1S/C23H23N3O3/c1-2-29-23(28)24-20-13-9-12-19(16-20)22(27)25-26(21-14-7-4-8-15-21)17-18-10-5-3-6-11-18/h3-16H,2,17H2,1H3,(H,24,28)(H,25,27). The van der Waals surface area contributed by atoms with Gasteiger partial charge in [0.15, 0.2) is 0 Å². The van der Waals surface area contributed by atoms with E-state index in [1.165, 1.54) is 0 Å². The number of rotatable bonds is 7. The Bertz CT molecular complexity index is 946. The van der Waals surface area contributed by atoms with E-state index in [0.717, 1.165) is 11.3 Å². The normalized spacial score (nSPS) is 10.1. The monoisotopic (exact) mass is 389 g/mol. The van der Waals surface area contributed by atoms with Gasteiger partial charge in [-0.05, 0) is 42.8 Å². The highest BCUT2D eigenvalue weighted by Crippen LogP contribution is 2.16. The number of hydrazine groups is 1. The van der Waals surface area contributed by atoms with Crippen LogP contribution in [0.15, 0.2) is 84.9 Å². The Morgan fingerprint density at radius 2 is 1.59 bits per heavy atom. The number of amides is 2. The summed E-state index contributed by atoms with van der Waals surface area (Å²) < 4.78 is 4.88. The fourth-order valence-electron chi connectivity index (χ4n) is 2.78. The summed E-state index contributed by atoms with van der Waals surface area (Å²) in [7, 11) is 0. The van der Waals surface area contributed by atoms with Crippen LogP contribution in [0, 0.1) is 0 Å². The smallest absolute Gasteiger partial charge is 0.411 e. The van der Waals surface area contributed by atoms with Crippen molar-refractivity contribution in [3.05, 3.63) is 96.1 Å². The van der Waals surface area contributed by atoms with Crippen LogP contribution in [-0.2, 0) is 11.3 Å². The van der Waals surface area contributed by atoms with E-state index in [9.17, 15) is 9.59 Å². The summed E-state index contributed by atoms with van der Waals surface area (Å²) >= 11 is 0. The van der Waals surface area contributed by atoms with Gasteiger partial charge < -0.3 is 4.74 Å². The van der Waals surface area contributed by atoms with E-state index in [1.54, 1.807) is 36.2 Å². The molecule has 6 heteroatoms. The van der Waals surface area contributed by atoms with Crippen LogP contribution in [0.2, 0.25) is 0 Å². The number of hydrogen-bond acceptors (Lipinski definition) is 4. The quantitative estimate of drug-likeness (QED) is 0.579. The van der Waals surface area contributed by atoms with Crippen molar-refractivity contribution in [1.82, 2.24) is 5.43 Å². The van der Waals surface area contributed by atoms with Crippen LogP contribution in [0.5, 0.6) is 0 Å². The van der Waals surface area contributed by atoms with Crippen molar-refractivity contribution in [2.75, 3.05) is 16.9 Å². The number of nitrogens with one attached hydrogen (secondary N) is 2. The van der Waals surface area contributed by atoms with Crippen molar-refractivity contribution >= 4 is 23.4 Å². The largest absolute Gasteiger partial charge is 0.450 e. The predicted molar refractivity (Wildman–Crippen MR) is 114 cm³/mol. The second-order valence-electron chi connectivity index (χ2n) is 6.27. The minimum absolute atomic E-state index is 0.275. The molecular weight excluding hydrogens is 366 g/mol. The molecule has 3 aromatic rings. The van der Waals surface area contributed by atoms with Gasteiger partial charge in [0.05, 0.1) is 18.8 Å². The molecule has 2 amide bonds. The molecule has 0 aliphatic rings. The first-order valence-electron chi connectivity index (χ1n) is 9.37. The van der Waals surface area contributed by atoms with Gasteiger partial charge in [-0.2, -0.15) is 0 Å². The van der Waals surface area contributed by atoms with E-state index in [1.807, 2.05) is 60.7 Å². The number of nitrogens with zero attached hydrogens (tertiary/aromatic N) is 1. The third-order valence-electron chi connectivity index (χ3n) is 4.13. The molecule has 6 nitrogen and oxygen atoms in total. The second-order valence-corrected chi connectivity index (χ2v) is 6.27. The van der Waals surface area contributed by atoms with Crippen LogP contribution >= 0.6 is 0 Å². The number of hydrogen-bond donors (Lipinski definition) is 2. The zero-order valence-electron chi connectivity index (χ0n) is 16.2. The van der Waals surface area contributed by atoms with Gasteiger partial charge in [0.25, 0.3) is 5.91 Å². The molecule has 148 valence electrons. The lowest BCUT2D eigenvalue weighted by atomic mass is 10.2. The molecule has 0 spiro atoms. The van der Waals surface area contributed by atoms with E-state index < -0.39 is 6.09 Å². The number of para-hydroxylation sites is 1. The lowest BCUT2D eigenvalue weighted by molar-refractivity contribution is 0.0948. The number of carbonyl (C=O) groups is 2. The molecule has 0 fully saturated rings. The Morgan fingerprint density at radius 1 is 0.897 bits per heavy atom. The van der Waals surface area contributed by atoms with Gasteiger partial charge in [-0.1, -0.05) is 54.6 Å². The van der Waals surface area contributed by atoms with Crippen LogP contribution in [0.3, 0.4) is 0 Å². The first-order chi connectivity index (χ1) is 14.2. The molecule has 0 aliphatic carbocycles. The van der Waals surface area contributed by atoms with Crippen LogP contribution < -0.4 is 15.8 Å². The highest BCUT2D eigenvalue weighted by molar-refractivity contribution is 5.97. The van der Waals surface area contributed by atoms with Gasteiger partial charge in [0, 0.05) is 11.3 Å². The third kappa shape index (κ3) is 5.84. The zero-order valence-corrected chi connectivity index (χ0v) is 16.2. The summed E-state index contributed by atoms with van der Waals surface area (Å²) in [4.78, 5) is 24.5. The highest BCUT2D eigenvalue weighted by Gasteiger charge is 2.14. The van der Waals surface area contributed by atoms with Gasteiger partial charge >= 0.3 is 6.09 Å². The lowest BCUT2D eigenvalue weighted by Gasteiger charge is -2.25. The fourth-order valence-corrected chi connectivity index (χ4v) is 2.78. The molecule has 0 saturated carbocycles. The molecule has 0 bridgehead atoms. The maximum atomic E-state index is 12.9. The summed E-state index contributed by atoms with van der Waals surface area (Å²) in [5, 5.41) is 4.40. The Labute approximate surface area is 170 Å². The van der Waals surface area contributed by atoms with Crippen molar-refractivity contribution in [3.63, 3.8) is 0 Å². The number of ether oxygens (including phenoxy) is 1. The molecule has 29 heavy (non-hydrogen) atoms. The van der Waals surface area contributed by atoms with Crippen LogP contribution in [0.4, 0.5) is 16.2 Å². The van der Waals surface area contributed by atoms with Gasteiger partial charge in [0.1, 0.15) is 0 Å². The van der Waals surface area contributed by atoms with Crippen molar-refractivity contribution < 1.29 is 14.3 Å². The summed E-state index contributed by atoms with van der Waals surface area (Å²) in [6.07, 6.45) is -0.556. The number of carbonyl (C=O) groups excluding carboxylic acids is 2. The molecule has 0 atom stereocenters. The van der Waals surface area contributed by atoms with E-state index >= 15 is 0 Å². The van der Waals surface area contributed by atoms with Gasteiger partial charge in [-0.15, -0.1) is 0 Å². The maximum Gasteiger partial charge on any atom is 0.411 e. The predicted octanol–water partition coefficient (Wildman–Crippen LogP) is 4.61. The molecule has 0 radical (unpaired) electrons. The number of benzene rings is 3. The minimum atomic E-state index is -0.556. The zero-order chi connectivity index (χ0) is 20.5. The lowest BCUT2D eigenvalue weighted by Crippen LogP contribution is -2.42. The topological polar surface area (TPSA) is 70.7 Å². The van der Waals surface area contributed by atoms with Crippen LogP contribution in [0.1, 0.15) is 22.8 Å². The van der Waals surface area contributed by atoms with Crippen molar-refractivity contribution in [2.45, 2.75) is 13.5 Å². The van der Waals surface area contributed by atoms with Crippen LogP contribution in [-0.4, -0.2) is 18.6 Å². The second kappa shape index (κ2) is 9.94. The molecule has 2 N–H and O–H groups in total. The minimum Gasteiger partial charge on any atom is -0.450 e. The first-order valence-corrected chi connectivity index (χ1v) is 9.37. The maximum absolute atomic E-state index is 12.9. The molecule has 3 aromatic carbocycles. The fraction of sp³-hybridized carbons (Fsp3) is 0.130. The van der Waals surface area contributed by atoms with Crippen molar-refractivity contribution in [2.24, 2.45) is 0 Å². The Kier molecular flexibility index (Phi) is 6.84.